The average molecular weight is 379 g/mol. The van der Waals surface area contributed by atoms with Gasteiger partial charge in [-0.15, -0.1) is 0 Å². The van der Waals surface area contributed by atoms with Crippen molar-refractivity contribution in [3.05, 3.63) is 58.2 Å². The minimum atomic E-state index is -1.12. The summed E-state index contributed by atoms with van der Waals surface area (Å²) in [5, 5.41) is 9.55. The molecular formula is C16H15BrN2O4. The molecule has 120 valence electrons. The molecule has 1 amide bonds. The van der Waals surface area contributed by atoms with Gasteiger partial charge in [-0.3, -0.25) is 4.79 Å². The number of carbonyl (C=O) groups excluding carboxylic acids is 1. The first-order chi connectivity index (χ1) is 11.0. The van der Waals surface area contributed by atoms with Crippen LogP contribution < -0.4 is 4.74 Å². The second-order valence-electron chi connectivity index (χ2n) is 4.77. The molecule has 0 aliphatic heterocycles. The highest BCUT2D eigenvalue weighted by molar-refractivity contribution is 9.10. The number of hydrogen-bond donors (Lipinski definition) is 1. The van der Waals surface area contributed by atoms with Crippen LogP contribution in [0.15, 0.2) is 47.1 Å². The molecule has 2 rings (SSSR count). The maximum atomic E-state index is 12.7. The third kappa shape index (κ3) is 3.68. The molecule has 0 radical (unpaired) electrons. The molecule has 0 bridgehead atoms. The smallest absolute Gasteiger partial charge is 0.331 e. The molecule has 1 aromatic carbocycles. The summed E-state index contributed by atoms with van der Waals surface area (Å²) in [4.78, 5) is 29.5. The van der Waals surface area contributed by atoms with Gasteiger partial charge in [0.15, 0.2) is 6.04 Å². The van der Waals surface area contributed by atoms with E-state index in [2.05, 4.69) is 20.9 Å². The average Bonchev–Trinajstić information content (AvgIpc) is 2.54. The number of carbonyl (C=O) groups is 2. The van der Waals surface area contributed by atoms with Crippen molar-refractivity contribution in [2.24, 2.45) is 0 Å². The number of halogens is 1. The van der Waals surface area contributed by atoms with Crippen molar-refractivity contribution in [2.75, 3.05) is 14.2 Å². The van der Waals surface area contributed by atoms with E-state index in [1.165, 1.54) is 20.4 Å². The number of aliphatic carboxylic acids is 1. The molecule has 1 unspecified atom stereocenters. The van der Waals surface area contributed by atoms with Gasteiger partial charge in [0.25, 0.3) is 5.91 Å². The summed E-state index contributed by atoms with van der Waals surface area (Å²) in [5.41, 5.74) is 0.698. The lowest BCUT2D eigenvalue weighted by molar-refractivity contribution is -0.142. The molecule has 0 saturated carbocycles. The Labute approximate surface area is 141 Å². The van der Waals surface area contributed by atoms with Crippen LogP contribution in [-0.4, -0.2) is 41.0 Å². The van der Waals surface area contributed by atoms with Crippen molar-refractivity contribution in [3.8, 4) is 5.88 Å². The number of rotatable bonds is 5. The van der Waals surface area contributed by atoms with Crippen molar-refractivity contribution in [2.45, 2.75) is 6.04 Å². The van der Waals surface area contributed by atoms with Crippen LogP contribution in [0.2, 0.25) is 0 Å². The quantitative estimate of drug-likeness (QED) is 0.864. The molecule has 0 fully saturated rings. The highest BCUT2D eigenvalue weighted by Gasteiger charge is 2.30. The van der Waals surface area contributed by atoms with Crippen LogP contribution in [0.3, 0.4) is 0 Å². The fraction of sp³-hybridized carbons (Fsp3) is 0.188. The molecule has 0 aliphatic rings. The van der Waals surface area contributed by atoms with Crippen LogP contribution in [-0.2, 0) is 4.79 Å². The van der Waals surface area contributed by atoms with Crippen molar-refractivity contribution < 1.29 is 19.4 Å². The summed E-state index contributed by atoms with van der Waals surface area (Å²) >= 11 is 3.31. The van der Waals surface area contributed by atoms with Gasteiger partial charge in [-0.05, 0) is 29.8 Å². The number of amides is 1. The van der Waals surface area contributed by atoms with Gasteiger partial charge < -0.3 is 14.7 Å². The molecule has 2 aromatic rings. The molecular weight excluding hydrogens is 364 g/mol. The zero-order chi connectivity index (χ0) is 17.0. The van der Waals surface area contributed by atoms with Crippen molar-refractivity contribution in [3.63, 3.8) is 0 Å². The molecule has 7 heteroatoms. The lowest BCUT2D eigenvalue weighted by Gasteiger charge is -2.25. The summed E-state index contributed by atoms with van der Waals surface area (Å²) in [6.45, 7) is 0. The second kappa shape index (κ2) is 7.23. The number of hydrogen-bond acceptors (Lipinski definition) is 4. The Morgan fingerprint density at radius 1 is 1.30 bits per heavy atom. The maximum Gasteiger partial charge on any atom is 0.331 e. The lowest BCUT2D eigenvalue weighted by atomic mass is 10.0. The van der Waals surface area contributed by atoms with Crippen molar-refractivity contribution in [1.82, 2.24) is 9.88 Å². The van der Waals surface area contributed by atoms with E-state index in [0.29, 0.717) is 5.56 Å². The summed E-state index contributed by atoms with van der Waals surface area (Å²) in [6, 6.07) is 8.86. The zero-order valence-corrected chi connectivity index (χ0v) is 14.1. The number of aromatic nitrogens is 1. The molecule has 1 N–H and O–H groups in total. The minimum Gasteiger partial charge on any atom is -0.480 e. The third-order valence-corrected chi connectivity index (χ3v) is 3.79. The number of likely N-dealkylation sites (N-methyl/N-ethyl adjacent to an activating group) is 1. The molecule has 0 saturated heterocycles. The Kier molecular flexibility index (Phi) is 5.33. The summed E-state index contributed by atoms with van der Waals surface area (Å²) < 4.78 is 5.81. The number of carboxylic acid groups (broad SMARTS) is 1. The fourth-order valence-corrected chi connectivity index (χ4v) is 2.65. The van der Waals surface area contributed by atoms with E-state index in [0.717, 1.165) is 9.37 Å². The minimum absolute atomic E-state index is 0.155. The van der Waals surface area contributed by atoms with E-state index < -0.39 is 17.9 Å². The first-order valence-electron chi connectivity index (χ1n) is 6.70. The normalized spacial score (nSPS) is 11.6. The molecule has 23 heavy (non-hydrogen) atoms. The fourth-order valence-electron chi connectivity index (χ4n) is 2.23. The van der Waals surface area contributed by atoms with E-state index in [1.54, 1.807) is 36.4 Å². The number of nitrogens with zero attached hydrogens (tertiary/aromatic N) is 2. The molecule has 1 atom stereocenters. The van der Waals surface area contributed by atoms with E-state index >= 15 is 0 Å². The molecule has 0 spiro atoms. The Morgan fingerprint density at radius 2 is 2.04 bits per heavy atom. The number of carboxylic acids is 1. The van der Waals surface area contributed by atoms with E-state index in [4.69, 9.17) is 4.74 Å². The van der Waals surface area contributed by atoms with Gasteiger partial charge in [0.2, 0.25) is 5.88 Å². The molecule has 1 aromatic heterocycles. The van der Waals surface area contributed by atoms with E-state index in [1.807, 2.05) is 0 Å². The van der Waals surface area contributed by atoms with Gasteiger partial charge in [-0.1, -0.05) is 28.1 Å². The summed E-state index contributed by atoms with van der Waals surface area (Å²) in [7, 11) is 2.84. The van der Waals surface area contributed by atoms with Crippen LogP contribution in [0.25, 0.3) is 0 Å². The Bertz CT molecular complexity index is 736. The largest absolute Gasteiger partial charge is 0.480 e. The lowest BCUT2D eigenvalue weighted by Crippen LogP contribution is -2.36. The first-order valence-corrected chi connectivity index (χ1v) is 7.49. The molecule has 1 heterocycles. The van der Waals surface area contributed by atoms with Gasteiger partial charge in [-0.25, -0.2) is 9.78 Å². The van der Waals surface area contributed by atoms with Gasteiger partial charge in [0, 0.05) is 17.7 Å². The Morgan fingerprint density at radius 3 is 2.65 bits per heavy atom. The van der Waals surface area contributed by atoms with Gasteiger partial charge in [-0.2, -0.15) is 0 Å². The van der Waals surface area contributed by atoms with Crippen molar-refractivity contribution >= 4 is 27.8 Å². The zero-order valence-electron chi connectivity index (χ0n) is 12.6. The number of ether oxygens (including phenoxy) is 1. The molecule has 6 nitrogen and oxygen atoms in total. The standard InChI is InChI=1S/C16H15BrN2O4/c1-19(15(20)12-7-4-8-18-14(12)23-2)13(16(21)22)10-5-3-6-11(17)9-10/h3-9,13H,1-2H3,(H,21,22). The van der Waals surface area contributed by atoms with Crippen LogP contribution in [0.4, 0.5) is 0 Å². The van der Waals surface area contributed by atoms with Crippen LogP contribution in [0, 0.1) is 0 Å². The second-order valence-corrected chi connectivity index (χ2v) is 5.69. The number of pyridine rings is 1. The van der Waals surface area contributed by atoms with Crippen LogP contribution >= 0.6 is 15.9 Å². The predicted molar refractivity (Wildman–Crippen MR) is 87.4 cm³/mol. The Hall–Kier alpha value is -2.41. The van der Waals surface area contributed by atoms with Gasteiger partial charge in [0.05, 0.1) is 7.11 Å². The van der Waals surface area contributed by atoms with Crippen LogP contribution in [0.1, 0.15) is 22.0 Å². The highest BCUT2D eigenvalue weighted by Crippen LogP contribution is 2.26. The van der Waals surface area contributed by atoms with Gasteiger partial charge in [0.1, 0.15) is 5.56 Å². The predicted octanol–water partition coefficient (Wildman–Crippen LogP) is 2.75. The Balaban J connectivity index is 2.40. The van der Waals surface area contributed by atoms with Gasteiger partial charge >= 0.3 is 5.97 Å². The monoisotopic (exact) mass is 378 g/mol. The summed E-state index contributed by atoms with van der Waals surface area (Å²) in [6.07, 6.45) is 1.50. The van der Waals surface area contributed by atoms with E-state index in [-0.39, 0.29) is 11.4 Å². The SMILES string of the molecule is COc1ncccc1C(=O)N(C)C(C(=O)O)c1cccc(Br)c1. The third-order valence-electron chi connectivity index (χ3n) is 3.30. The van der Waals surface area contributed by atoms with Crippen LogP contribution in [0.5, 0.6) is 5.88 Å². The van der Waals surface area contributed by atoms with Crippen molar-refractivity contribution in [1.29, 1.82) is 0 Å². The number of benzene rings is 1. The first kappa shape index (κ1) is 17.0. The topological polar surface area (TPSA) is 79.7 Å². The highest BCUT2D eigenvalue weighted by atomic mass is 79.9. The van der Waals surface area contributed by atoms with E-state index in [9.17, 15) is 14.7 Å². The summed E-state index contributed by atoms with van der Waals surface area (Å²) in [5.74, 6) is -1.45. The molecule has 0 aliphatic carbocycles. The maximum absolute atomic E-state index is 12.7. The number of methoxy groups -OCH3 is 1.